The number of aryl methyl sites for hydroxylation is 1. The molecular formula is C20H24N2O4. The summed E-state index contributed by atoms with van der Waals surface area (Å²) in [7, 11) is 0. The third kappa shape index (κ3) is 9.38. The van der Waals surface area contributed by atoms with E-state index in [0.29, 0.717) is 24.9 Å². The number of ketones is 2. The average molecular weight is 356 g/mol. The highest BCUT2D eigenvalue weighted by Crippen LogP contribution is 2.12. The van der Waals surface area contributed by atoms with Crippen molar-refractivity contribution in [2.75, 3.05) is 11.9 Å². The minimum absolute atomic E-state index is 0.0190. The summed E-state index contributed by atoms with van der Waals surface area (Å²) >= 11 is 0. The zero-order valence-electron chi connectivity index (χ0n) is 15.0. The maximum Gasteiger partial charge on any atom is 0.224 e. The van der Waals surface area contributed by atoms with E-state index < -0.39 is 0 Å². The van der Waals surface area contributed by atoms with E-state index in [1.54, 1.807) is 12.1 Å². The number of carbonyl (C=O) groups is 4. The van der Waals surface area contributed by atoms with Crippen molar-refractivity contribution < 1.29 is 19.2 Å². The third-order valence-corrected chi connectivity index (χ3v) is 3.57. The highest BCUT2D eigenvalue weighted by molar-refractivity contribution is 5.98. The van der Waals surface area contributed by atoms with Gasteiger partial charge in [-0.2, -0.15) is 0 Å². The van der Waals surface area contributed by atoms with Crippen LogP contribution in [0.4, 0.5) is 5.69 Å². The smallest absolute Gasteiger partial charge is 0.224 e. The topological polar surface area (TPSA) is 92.3 Å². The van der Waals surface area contributed by atoms with Crippen LogP contribution < -0.4 is 10.6 Å². The molecule has 0 fully saturated rings. The van der Waals surface area contributed by atoms with Gasteiger partial charge in [0.2, 0.25) is 11.8 Å². The van der Waals surface area contributed by atoms with Crippen LogP contribution in [0.15, 0.2) is 24.3 Å². The molecule has 0 unspecified atom stereocenters. The zero-order valence-corrected chi connectivity index (χ0v) is 15.0. The van der Waals surface area contributed by atoms with E-state index in [0.717, 1.165) is 5.56 Å². The maximum absolute atomic E-state index is 11.9. The number of nitrogens with one attached hydrogen (secondary N) is 2. The Morgan fingerprint density at radius 1 is 1.00 bits per heavy atom. The lowest BCUT2D eigenvalue weighted by Gasteiger charge is -2.07. The largest absolute Gasteiger partial charge is 0.345 e. The number of hydrogen-bond donors (Lipinski definition) is 2. The van der Waals surface area contributed by atoms with Gasteiger partial charge in [0, 0.05) is 24.9 Å². The standard InChI is InChI=1S/C20H24N2O4/c1-3-13-21-19(25)5-4-6-20(26)22-17-10-7-16(8-11-17)9-12-18(24)14-15(2)23/h1,7-8,10-11H,4-6,9,12-14H2,2H3,(H,21,25)(H,22,26). The number of amides is 2. The summed E-state index contributed by atoms with van der Waals surface area (Å²) in [5.74, 6) is 1.79. The molecule has 0 saturated carbocycles. The Hall–Kier alpha value is -2.94. The molecule has 6 nitrogen and oxygen atoms in total. The first kappa shape index (κ1) is 21.1. The number of carbonyl (C=O) groups excluding carboxylic acids is 4. The first-order valence-corrected chi connectivity index (χ1v) is 8.50. The Bertz CT molecular complexity index is 687. The summed E-state index contributed by atoms with van der Waals surface area (Å²) in [6, 6.07) is 7.21. The maximum atomic E-state index is 11.9. The summed E-state index contributed by atoms with van der Waals surface area (Å²) in [5.41, 5.74) is 1.62. The van der Waals surface area contributed by atoms with Crippen LogP contribution in [0.25, 0.3) is 0 Å². The summed E-state index contributed by atoms with van der Waals surface area (Å²) in [5, 5.41) is 5.31. The highest BCUT2D eigenvalue weighted by atomic mass is 16.2. The molecule has 0 spiro atoms. The Labute approximate surface area is 153 Å². The van der Waals surface area contributed by atoms with E-state index in [1.165, 1.54) is 6.92 Å². The van der Waals surface area contributed by atoms with Crippen LogP contribution in [0, 0.1) is 12.3 Å². The second-order valence-corrected chi connectivity index (χ2v) is 6.00. The van der Waals surface area contributed by atoms with E-state index in [-0.39, 0.29) is 49.2 Å². The first-order chi connectivity index (χ1) is 12.4. The van der Waals surface area contributed by atoms with Crippen molar-refractivity contribution in [1.82, 2.24) is 5.32 Å². The van der Waals surface area contributed by atoms with Crippen molar-refractivity contribution in [3.8, 4) is 12.3 Å². The Kier molecular flexibility index (Phi) is 9.40. The van der Waals surface area contributed by atoms with Gasteiger partial charge >= 0.3 is 0 Å². The normalized spacial score (nSPS) is 9.85. The summed E-state index contributed by atoms with van der Waals surface area (Å²) in [6.45, 7) is 1.59. The van der Waals surface area contributed by atoms with Crippen LogP contribution in [-0.2, 0) is 25.6 Å². The number of benzene rings is 1. The van der Waals surface area contributed by atoms with Gasteiger partial charge in [-0.05, 0) is 37.5 Å². The van der Waals surface area contributed by atoms with E-state index in [9.17, 15) is 19.2 Å². The second-order valence-electron chi connectivity index (χ2n) is 6.00. The fraction of sp³-hybridized carbons (Fsp3) is 0.400. The lowest BCUT2D eigenvalue weighted by atomic mass is 10.0. The van der Waals surface area contributed by atoms with Gasteiger partial charge in [0.25, 0.3) is 0 Å². The summed E-state index contributed by atoms with van der Waals surface area (Å²) in [6.07, 6.45) is 6.85. The lowest BCUT2D eigenvalue weighted by Crippen LogP contribution is -2.23. The predicted octanol–water partition coefficient (Wildman–Crippen LogP) is 2.03. The molecule has 0 saturated heterocycles. The van der Waals surface area contributed by atoms with Gasteiger partial charge in [-0.15, -0.1) is 6.42 Å². The quantitative estimate of drug-likeness (QED) is 0.469. The first-order valence-electron chi connectivity index (χ1n) is 8.50. The molecule has 0 bridgehead atoms. The molecule has 0 aliphatic rings. The molecule has 138 valence electrons. The van der Waals surface area contributed by atoms with Crippen molar-refractivity contribution in [2.45, 2.75) is 45.4 Å². The Balaban J connectivity index is 2.32. The molecule has 0 heterocycles. The minimum Gasteiger partial charge on any atom is -0.345 e. The van der Waals surface area contributed by atoms with Crippen LogP contribution in [0.2, 0.25) is 0 Å². The second kappa shape index (κ2) is 11.6. The monoisotopic (exact) mass is 356 g/mol. The van der Waals surface area contributed by atoms with E-state index in [4.69, 9.17) is 6.42 Å². The molecule has 0 atom stereocenters. The Morgan fingerprint density at radius 3 is 2.27 bits per heavy atom. The molecular weight excluding hydrogens is 332 g/mol. The van der Waals surface area contributed by atoms with Gasteiger partial charge in [-0.3, -0.25) is 19.2 Å². The summed E-state index contributed by atoms with van der Waals surface area (Å²) in [4.78, 5) is 45.6. The molecule has 1 aromatic rings. The predicted molar refractivity (Wildman–Crippen MR) is 99.4 cm³/mol. The van der Waals surface area contributed by atoms with Gasteiger partial charge in [-0.1, -0.05) is 18.1 Å². The number of hydrogen-bond acceptors (Lipinski definition) is 4. The number of anilines is 1. The SMILES string of the molecule is C#CCNC(=O)CCCC(=O)Nc1ccc(CCC(=O)CC(C)=O)cc1. The van der Waals surface area contributed by atoms with Crippen molar-refractivity contribution in [3.05, 3.63) is 29.8 Å². The van der Waals surface area contributed by atoms with E-state index in [1.807, 2.05) is 12.1 Å². The van der Waals surface area contributed by atoms with Crippen molar-refractivity contribution in [2.24, 2.45) is 0 Å². The molecule has 2 N–H and O–H groups in total. The highest BCUT2D eigenvalue weighted by Gasteiger charge is 2.07. The molecule has 1 rings (SSSR count). The van der Waals surface area contributed by atoms with Crippen LogP contribution in [-0.4, -0.2) is 29.9 Å². The fourth-order valence-corrected chi connectivity index (χ4v) is 2.28. The molecule has 2 amide bonds. The number of terminal acetylenes is 1. The summed E-state index contributed by atoms with van der Waals surface area (Å²) < 4.78 is 0. The van der Waals surface area contributed by atoms with Crippen LogP contribution >= 0.6 is 0 Å². The molecule has 0 aliphatic carbocycles. The van der Waals surface area contributed by atoms with Crippen molar-refractivity contribution in [3.63, 3.8) is 0 Å². The van der Waals surface area contributed by atoms with Gasteiger partial charge in [0.1, 0.15) is 11.6 Å². The van der Waals surface area contributed by atoms with Crippen LogP contribution in [0.3, 0.4) is 0 Å². The third-order valence-electron chi connectivity index (χ3n) is 3.57. The molecule has 0 radical (unpaired) electrons. The van der Waals surface area contributed by atoms with Crippen molar-refractivity contribution >= 4 is 29.1 Å². The fourth-order valence-electron chi connectivity index (χ4n) is 2.28. The lowest BCUT2D eigenvalue weighted by molar-refractivity contribution is -0.126. The number of Topliss-reactive ketones (excluding diaryl/α,β-unsaturated/α-hetero) is 2. The van der Waals surface area contributed by atoms with Crippen LogP contribution in [0.1, 0.15) is 44.6 Å². The van der Waals surface area contributed by atoms with Gasteiger partial charge < -0.3 is 10.6 Å². The zero-order chi connectivity index (χ0) is 19.4. The minimum atomic E-state index is -0.167. The van der Waals surface area contributed by atoms with E-state index >= 15 is 0 Å². The van der Waals surface area contributed by atoms with Crippen LogP contribution in [0.5, 0.6) is 0 Å². The molecule has 0 aromatic heterocycles. The molecule has 1 aromatic carbocycles. The van der Waals surface area contributed by atoms with Gasteiger partial charge in [0.05, 0.1) is 13.0 Å². The van der Waals surface area contributed by atoms with Crippen molar-refractivity contribution in [1.29, 1.82) is 0 Å². The van der Waals surface area contributed by atoms with Gasteiger partial charge in [0.15, 0.2) is 0 Å². The molecule has 26 heavy (non-hydrogen) atoms. The molecule has 0 aliphatic heterocycles. The molecule has 6 heteroatoms. The van der Waals surface area contributed by atoms with E-state index in [2.05, 4.69) is 16.6 Å². The Morgan fingerprint density at radius 2 is 1.65 bits per heavy atom. The van der Waals surface area contributed by atoms with Gasteiger partial charge in [-0.25, -0.2) is 0 Å². The number of rotatable bonds is 11. The average Bonchev–Trinajstić information content (AvgIpc) is 2.58.